The van der Waals surface area contributed by atoms with Crippen molar-refractivity contribution in [1.29, 1.82) is 0 Å². The summed E-state index contributed by atoms with van der Waals surface area (Å²) < 4.78 is 0. The molecule has 0 aliphatic heterocycles. The molecule has 108 valence electrons. The summed E-state index contributed by atoms with van der Waals surface area (Å²) in [5.41, 5.74) is 8.98. The molecule has 0 saturated heterocycles. The van der Waals surface area contributed by atoms with Crippen molar-refractivity contribution in [2.75, 3.05) is 13.1 Å². The van der Waals surface area contributed by atoms with Crippen LogP contribution < -0.4 is 5.73 Å². The van der Waals surface area contributed by atoms with E-state index in [2.05, 4.69) is 56.9 Å². The highest BCUT2D eigenvalue weighted by molar-refractivity contribution is 5.28. The molecule has 0 bridgehead atoms. The molecule has 1 unspecified atom stereocenters. The molecule has 0 aliphatic rings. The van der Waals surface area contributed by atoms with Crippen LogP contribution in [0.15, 0.2) is 24.3 Å². The third kappa shape index (κ3) is 5.33. The lowest BCUT2D eigenvalue weighted by Gasteiger charge is -2.30. The first-order valence-electron chi connectivity index (χ1n) is 7.61. The molecule has 0 spiro atoms. The molecule has 0 fully saturated rings. The fraction of sp³-hybridized carbons (Fsp3) is 0.647. The van der Waals surface area contributed by atoms with Crippen LogP contribution in [0.3, 0.4) is 0 Å². The molecule has 0 aliphatic carbocycles. The molecule has 0 radical (unpaired) electrons. The van der Waals surface area contributed by atoms with E-state index in [1.54, 1.807) is 0 Å². The summed E-state index contributed by atoms with van der Waals surface area (Å²) in [6.45, 7) is 11.0. The molecule has 2 heteroatoms. The average Bonchev–Trinajstić information content (AvgIpc) is 2.38. The molecule has 1 atom stereocenters. The van der Waals surface area contributed by atoms with Crippen LogP contribution in [0.25, 0.3) is 0 Å². The van der Waals surface area contributed by atoms with Crippen molar-refractivity contribution < 1.29 is 0 Å². The molecule has 2 nitrogen and oxygen atoms in total. The number of benzene rings is 1. The minimum absolute atomic E-state index is 0.116. The Morgan fingerprint density at radius 2 is 1.84 bits per heavy atom. The van der Waals surface area contributed by atoms with Gasteiger partial charge in [-0.3, -0.25) is 4.90 Å². The molecule has 1 aromatic rings. The third-order valence-corrected chi connectivity index (χ3v) is 3.80. The second-order valence-corrected chi connectivity index (χ2v) is 5.76. The van der Waals surface area contributed by atoms with Crippen molar-refractivity contribution in [2.24, 2.45) is 5.73 Å². The predicted molar refractivity (Wildman–Crippen MR) is 84.3 cm³/mol. The minimum Gasteiger partial charge on any atom is -0.323 e. The molecule has 0 heterocycles. The van der Waals surface area contributed by atoms with Crippen LogP contribution in [-0.2, 0) is 0 Å². The second kappa shape index (κ2) is 8.34. The Balaban J connectivity index is 2.61. The first-order valence-corrected chi connectivity index (χ1v) is 7.61. The summed E-state index contributed by atoms with van der Waals surface area (Å²) in [7, 11) is 0. The Morgan fingerprint density at radius 1 is 1.16 bits per heavy atom. The van der Waals surface area contributed by atoms with E-state index < -0.39 is 0 Å². The number of hydrogen-bond donors (Lipinski definition) is 1. The molecular formula is C17H30N2. The summed E-state index contributed by atoms with van der Waals surface area (Å²) >= 11 is 0. The molecule has 2 N–H and O–H groups in total. The van der Waals surface area contributed by atoms with Gasteiger partial charge in [-0.15, -0.1) is 0 Å². The average molecular weight is 262 g/mol. The van der Waals surface area contributed by atoms with E-state index in [1.165, 1.54) is 30.4 Å². The standard InChI is InChI=1S/C17H30N2/c1-5-6-9-12-19(14(2)3)13-17(18)16-11-8-7-10-15(16)4/h7-8,10-11,14,17H,5-6,9,12-13,18H2,1-4H3. The van der Waals surface area contributed by atoms with Gasteiger partial charge in [-0.2, -0.15) is 0 Å². The third-order valence-electron chi connectivity index (χ3n) is 3.80. The van der Waals surface area contributed by atoms with Gasteiger partial charge < -0.3 is 5.73 Å². The molecule has 0 saturated carbocycles. The smallest absolute Gasteiger partial charge is 0.0427 e. The number of hydrogen-bond acceptors (Lipinski definition) is 2. The fourth-order valence-corrected chi connectivity index (χ4v) is 2.48. The zero-order valence-corrected chi connectivity index (χ0v) is 13.0. The van der Waals surface area contributed by atoms with Crippen molar-refractivity contribution in [2.45, 2.75) is 59.0 Å². The Hall–Kier alpha value is -0.860. The summed E-state index contributed by atoms with van der Waals surface area (Å²) in [4.78, 5) is 2.51. The number of rotatable bonds is 8. The number of nitrogens with zero attached hydrogens (tertiary/aromatic N) is 1. The van der Waals surface area contributed by atoms with E-state index in [4.69, 9.17) is 5.73 Å². The Bertz CT molecular complexity index is 360. The van der Waals surface area contributed by atoms with Crippen molar-refractivity contribution >= 4 is 0 Å². The van der Waals surface area contributed by atoms with Gasteiger partial charge in [0.15, 0.2) is 0 Å². The fourth-order valence-electron chi connectivity index (χ4n) is 2.48. The second-order valence-electron chi connectivity index (χ2n) is 5.76. The largest absolute Gasteiger partial charge is 0.323 e. The Kier molecular flexibility index (Phi) is 7.11. The SMILES string of the molecule is CCCCCN(CC(N)c1ccccc1C)C(C)C. The van der Waals surface area contributed by atoms with E-state index in [-0.39, 0.29) is 6.04 Å². The van der Waals surface area contributed by atoms with Crippen LogP contribution in [-0.4, -0.2) is 24.0 Å². The van der Waals surface area contributed by atoms with Crippen molar-refractivity contribution in [3.05, 3.63) is 35.4 Å². The Morgan fingerprint density at radius 3 is 2.42 bits per heavy atom. The summed E-state index contributed by atoms with van der Waals surface area (Å²) in [5, 5.41) is 0. The van der Waals surface area contributed by atoms with Gasteiger partial charge in [0, 0.05) is 18.6 Å². The molecule has 1 rings (SSSR count). The number of nitrogens with two attached hydrogens (primary N) is 1. The zero-order chi connectivity index (χ0) is 14.3. The number of aryl methyl sites for hydroxylation is 1. The lowest BCUT2D eigenvalue weighted by Crippen LogP contribution is -2.38. The zero-order valence-electron chi connectivity index (χ0n) is 13.0. The van der Waals surface area contributed by atoms with Gasteiger partial charge in [-0.05, 0) is 44.9 Å². The van der Waals surface area contributed by atoms with Crippen molar-refractivity contribution in [3.8, 4) is 0 Å². The first-order chi connectivity index (χ1) is 9.06. The highest BCUT2D eigenvalue weighted by Crippen LogP contribution is 2.17. The van der Waals surface area contributed by atoms with Gasteiger partial charge >= 0.3 is 0 Å². The first kappa shape index (κ1) is 16.2. The van der Waals surface area contributed by atoms with E-state index in [1.807, 2.05) is 0 Å². The summed E-state index contributed by atoms with van der Waals surface area (Å²) in [6, 6.07) is 9.14. The Labute approximate surface area is 119 Å². The lowest BCUT2D eigenvalue weighted by molar-refractivity contribution is 0.204. The maximum absolute atomic E-state index is 6.40. The van der Waals surface area contributed by atoms with Crippen LogP contribution >= 0.6 is 0 Å². The van der Waals surface area contributed by atoms with Crippen LogP contribution in [0.5, 0.6) is 0 Å². The van der Waals surface area contributed by atoms with Crippen molar-refractivity contribution in [1.82, 2.24) is 4.90 Å². The maximum Gasteiger partial charge on any atom is 0.0427 e. The van der Waals surface area contributed by atoms with Gasteiger partial charge in [0.05, 0.1) is 0 Å². The van der Waals surface area contributed by atoms with Crippen LogP contribution in [0, 0.1) is 6.92 Å². The topological polar surface area (TPSA) is 29.3 Å². The molecule has 1 aromatic carbocycles. The summed E-state index contributed by atoms with van der Waals surface area (Å²) in [6.07, 6.45) is 3.85. The van der Waals surface area contributed by atoms with Gasteiger partial charge in [0.1, 0.15) is 0 Å². The van der Waals surface area contributed by atoms with Gasteiger partial charge in [0.2, 0.25) is 0 Å². The molecule has 0 amide bonds. The van der Waals surface area contributed by atoms with Crippen LogP contribution in [0.1, 0.15) is 57.2 Å². The maximum atomic E-state index is 6.40. The lowest BCUT2D eigenvalue weighted by atomic mass is 10.0. The van der Waals surface area contributed by atoms with Gasteiger partial charge in [0.25, 0.3) is 0 Å². The highest BCUT2D eigenvalue weighted by atomic mass is 15.2. The molecule has 0 aromatic heterocycles. The molecule has 19 heavy (non-hydrogen) atoms. The normalized spacial score (nSPS) is 13.2. The van der Waals surface area contributed by atoms with Gasteiger partial charge in [-0.25, -0.2) is 0 Å². The van der Waals surface area contributed by atoms with Crippen LogP contribution in [0.2, 0.25) is 0 Å². The summed E-state index contributed by atoms with van der Waals surface area (Å²) in [5.74, 6) is 0. The van der Waals surface area contributed by atoms with Gasteiger partial charge in [-0.1, -0.05) is 44.0 Å². The predicted octanol–water partition coefficient (Wildman–Crippen LogP) is 3.90. The quantitative estimate of drug-likeness (QED) is 0.720. The van der Waals surface area contributed by atoms with E-state index in [9.17, 15) is 0 Å². The minimum atomic E-state index is 0.116. The van der Waals surface area contributed by atoms with Crippen LogP contribution in [0.4, 0.5) is 0 Å². The van der Waals surface area contributed by atoms with E-state index in [0.29, 0.717) is 6.04 Å². The van der Waals surface area contributed by atoms with Crippen molar-refractivity contribution in [3.63, 3.8) is 0 Å². The highest BCUT2D eigenvalue weighted by Gasteiger charge is 2.15. The van der Waals surface area contributed by atoms with E-state index >= 15 is 0 Å². The van der Waals surface area contributed by atoms with E-state index in [0.717, 1.165) is 13.1 Å². The number of unbranched alkanes of at least 4 members (excludes halogenated alkanes) is 2. The molecular weight excluding hydrogens is 232 g/mol. The monoisotopic (exact) mass is 262 g/mol.